The van der Waals surface area contributed by atoms with Gasteiger partial charge in [0.05, 0.1) is 24.7 Å². The molecular formula is C34H37N3O7. The highest BCUT2D eigenvalue weighted by Gasteiger charge is 2.73. The molecule has 7 atom stereocenters. The molecule has 4 heterocycles. The van der Waals surface area contributed by atoms with Gasteiger partial charge in [0, 0.05) is 26.1 Å². The molecule has 3 amide bonds. The molecule has 44 heavy (non-hydrogen) atoms. The molecule has 4 aliphatic heterocycles. The van der Waals surface area contributed by atoms with E-state index in [1.165, 1.54) is 4.90 Å². The molecule has 4 aliphatic rings. The van der Waals surface area contributed by atoms with Gasteiger partial charge in [-0.3, -0.25) is 19.2 Å². The number of allylic oxidation sites excluding steroid dienone is 1. The highest BCUT2D eigenvalue weighted by atomic mass is 16.6. The monoisotopic (exact) mass is 599 g/mol. The van der Waals surface area contributed by atoms with E-state index in [0.29, 0.717) is 12.0 Å². The van der Waals surface area contributed by atoms with Gasteiger partial charge < -0.3 is 29.7 Å². The maximum absolute atomic E-state index is 14.5. The van der Waals surface area contributed by atoms with E-state index in [1.807, 2.05) is 72.8 Å². The molecule has 2 N–H and O–H groups in total. The average Bonchev–Trinajstić information content (AvgIpc) is 3.67. The highest BCUT2D eigenvalue weighted by molar-refractivity contribution is 5.99. The molecular weight excluding hydrogens is 562 g/mol. The van der Waals surface area contributed by atoms with E-state index in [2.05, 4.69) is 5.32 Å². The predicted octanol–water partition coefficient (Wildman–Crippen LogP) is 2.30. The molecule has 2 fully saturated rings. The maximum Gasteiger partial charge on any atom is 0.313 e. The summed E-state index contributed by atoms with van der Waals surface area (Å²) >= 11 is 0. The van der Waals surface area contributed by atoms with Crippen LogP contribution in [-0.4, -0.2) is 82.1 Å². The summed E-state index contributed by atoms with van der Waals surface area (Å²) in [6.07, 6.45) is 6.28. The Morgan fingerprint density at radius 2 is 1.70 bits per heavy atom. The second-order valence-electron chi connectivity index (χ2n) is 11.8. The zero-order valence-electron chi connectivity index (χ0n) is 24.6. The first-order valence-corrected chi connectivity index (χ1v) is 15.1. The van der Waals surface area contributed by atoms with Crippen molar-refractivity contribution in [1.82, 2.24) is 15.1 Å². The van der Waals surface area contributed by atoms with Crippen molar-refractivity contribution in [1.29, 1.82) is 0 Å². The van der Waals surface area contributed by atoms with E-state index in [0.717, 1.165) is 5.56 Å². The summed E-state index contributed by atoms with van der Waals surface area (Å²) in [7, 11) is 0. The summed E-state index contributed by atoms with van der Waals surface area (Å²) in [4.78, 5) is 58.5. The zero-order chi connectivity index (χ0) is 30.8. The Hall–Kier alpha value is -4.28. The molecule has 5 bridgehead atoms. The molecule has 2 aromatic rings. The number of amides is 3. The van der Waals surface area contributed by atoms with Crippen molar-refractivity contribution in [3.8, 4) is 0 Å². The van der Waals surface area contributed by atoms with Crippen LogP contribution in [0, 0.1) is 11.8 Å². The lowest BCUT2D eigenvalue weighted by atomic mass is 9.74. The number of carbonyl (C=O) groups is 4. The van der Waals surface area contributed by atoms with Crippen molar-refractivity contribution >= 4 is 23.7 Å². The Labute approximate surface area is 256 Å². The van der Waals surface area contributed by atoms with Crippen molar-refractivity contribution in [3.05, 3.63) is 96.1 Å². The molecule has 1 spiro atoms. The Kier molecular flexibility index (Phi) is 8.38. The van der Waals surface area contributed by atoms with Crippen LogP contribution in [0.15, 0.2) is 85.0 Å². The minimum absolute atomic E-state index is 0.0815. The van der Waals surface area contributed by atoms with Crippen molar-refractivity contribution in [3.63, 3.8) is 0 Å². The van der Waals surface area contributed by atoms with Gasteiger partial charge in [-0.1, -0.05) is 85.0 Å². The number of likely N-dealkylation sites (tertiary alicyclic amines) is 1. The molecule has 2 aromatic carbocycles. The van der Waals surface area contributed by atoms with Crippen LogP contribution in [0.5, 0.6) is 0 Å². The Bertz CT molecular complexity index is 1460. The van der Waals surface area contributed by atoms with Crippen molar-refractivity contribution in [2.75, 3.05) is 19.7 Å². The summed E-state index contributed by atoms with van der Waals surface area (Å²) in [5.41, 5.74) is 0.220. The van der Waals surface area contributed by atoms with Crippen LogP contribution >= 0.6 is 0 Å². The molecule has 0 radical (unpaired) electrons. The number of nitrogens with one attached hydrogen (secondary N) is 1. The van der Waals surface area contributed by atoms with E-state index in [9.17, 15) is 24.3 Å². The number of hydrogen-bond acceptors (Lipinski definition) is 7. The van der Waals surface area contributed by atoms with Gasteiger partial charge in [-0.15, -0.1) is 0 Å². The number of ether oxygens (including phenoxy) is 2. The minimum Gasteiger partial charge on any atom is -0.455 e. The Balaban J connectivity index is 1.40. The number of rotatable bonds is 5. The summed E-state index contributed by atoms with van der Waals surface area (Å²) in [6.45, 7) is 1.86. The fourth-order valence-corrected chi connectivity index (χ4v) is 7.02. The minimum atomic E-state index is -1.38. The van der Waals surface area contributed by atoms with Gasteiger partial charge in [0.2, 0.25) is 17.7 Å². The fourth-order valence-electron chi connectivity index (χ4n) is 7.02. The Morgan fingerprint density at radius 1 is 0.977 bits per heavy atom. The first kappa shape index (κ1) is 29.8. The molecule has 10 nitrogen and oxygen atoms in total. The molecule has 2 saturated heterocycles. The summed E-state index contributed by atoms with van der Waals surface area (Å²) in [6, 6.07) is 17.0. The van der Waals surface area contributed by atoms with Crippen LogP contribution in [0.2, 0.25) is 0 Å². The fraction of sp³-hybridized carbons (Fsp3) is 0.412. The van der Waals surface area contributed by atoms with E-state index in [4.69, 9.17) is 9.47 Å². The van der Waals surface area contributed by atoms with Crippen LogP contribution in [0.3, 0.4) is 0 Å². The van der Waals surface area contributed by atoms with Gasteiger partial charge >= 0.3 is 5.97 Å². The lowest BCUT2D eigenvalue weighted by Crippen LogP contribution is -2.56. The number of benzene rings is 2. The van der Waals surface area contributed by atoms with Gasteiger partial charge in [0.1, 0.15) is 23.7 Å². The maximum atomic E-state index is 14.5. The quantitative estimate of drug-likeness (QED) is 0.399. The topological polar surface area (TPSA) is 125 Å². The smallest absolute Gasteiger partial charge is 0.313 e. The molecule has 0 unspecified atom stereocenters. The normalized spacial score (nSPS) is 32.9. The number of aliphatic hydroxyl groups excluding tert-OH is 1. The average molecular weight is 600 g/mol. The molecule has 10 heteroatoms. The number of nitrogens with zero attached hydrogens (tertiary/aromatic N) is 2. The number of cyclic esters (lactones) is 1. The van der Waals surface area contributed by atoms with E-state index < -0.39 is 53.6 Å². The number of fused-ring (bicyclic) bond motifs is 2. The molecule has 230 valence electrons. The van der Waals surface area contributed by atoms with E-state index in [1.54, 1.807) is 24.0 Å². The highest BCUT2D eigenvalue weighted by Crippen LogP contribution is 2.55. The molecule has 0 aromatic heterocycles. The van der Waals surface area contributed by atoms with Crippen LogP contribution < -0.4 is 5.32 Å². The van der Waals surface area contributed by atoms with Gasteiger partial charge in [0.15, 0.2) is 0 Å². The van der Waals surface area contributed by atoms with Crippen molar-refractivity contribution < 1.29 is 33.8 Å². The molecule has 6 rings (SSSR count). The zero-order valence-corrected chi connectivity index (χ0v) is 24.6. The standard InChI is InChI=1S/C34H37N3O7/c1-22-29(24-13-7-3-8-14-24)43-33(42)27-25-16-17-34(44-25)28(27)31(40)37(19-20-38)30(34)32(41)36(21-23-11-5-2-6-12-23)18-10-4-9-15-26(39)35-22/h2-8,10-14,16-17,22,25,27-30,38H,9,15,18-21H2,1H3,(H,35,39)/b10-4-/t22-,25+,27-,28-,29+,30+,34-/m0/s1. The Morgan fingerprint density at radius 3 is 2.43 bits per heavy atom. The van der Waals surface area contributed by atoms with Crippen LogP contribution in [0.1, 0.15) is 37.0 Å². The predicted molar refractivity (Wildman–Crippen MR) is 159 cm³/mol. The SMILES string of the molecule is C[C@@H]1NC(=O)CC/C=C\CN(Cc2ccccc2)C(=O)[C@H]2N(CCO)C(=O)[C@@H]3[C@@H](C(=O)O[C@H]1c1ccccc1)[C@H]1C=C[C@]32O1. The van der Waals surface area contributed by atoms with Gasteiger partial charge in [-0.05, 0) is 24.5 Å². The van der Waals surface area contributed by atoms with Crippen molar-refractivity contribution in [2.24, 2.45) is 11.8 Å². The first-order valence-electron chi connectivity index (χ1n) is 15.1. The van der Waals surface area contributed by atoms with Gasteiger partial charge in [-0.25, -0.2) is 0 Å². The second-order valence-corrected chi connectivity index (χ2v) is 11.8. The number of β-amino-alcohol motifs (C(OH)–C–C–N with tert-alkyl or cyclic N) is 1. The number of hydrogen-bond donors (Lipinski definition) is 2. The third-order valence-electron chi connectivity index (χ3n) is 8.99. The van der Waals surface area contributed by atoms with E-state index in [-0.39, 0.29) is 44.5 Å². The molecule has 0 aliphatic carbocycles. The summed E-state index contributed by atoms with van der Waals surface area (Å²) < 4.78 is 12.6. The third kappa shape index (κ3) is 5.33. The lowest BCUT2D eigenvalue weighted by molar-refractivity contribution is -0.161. The lowest BCUT2D eigenvalue weighted by Gasteiger charge is -2.35. The first-order chi connectivity index (χ1) is 21.3. The van der Waals surface area contributed by atoms with Crippen LogP contribution in [0.25, 0.3) is 0 Å². The number of esters is 1. The van der Waals surface area contributed by atoms with Crippen molar-refractivity contribution in [2.45, 2.75) is 56.2 Å². The summed E-state index contributed by atoms with van der Waals surface area (Å²) in [5, 5.41) is 12.9. The van der Waals surface area contributed by atoms with Gasteiger partial charge in [-0.2, -0.15) is 0 Å². The van der Waals surface area contributed by atoms with E-state index >= 15 is 0 Å². The van der Waals surface area contributed by atoms with Crippen LogP contribution in [-0.2, 0) is 35.2 Å². The number of aliphatic hydroxyl groups is 1. The second kappa shape index (κ2) is 12.4. The van der Waals surface area contributed by atoms with Crippen LogP contribution in [0.4, 0.5) is 0 Å². The largest absolute Gasteiger partial charge is 0.455 e. The van der Waals surface area contributed by atoms with Gasteiger partial charge in [0.25, 0.3) is 0 Å². The summed E-state index contributed by atoms with van der Waals surface area (Å²) in [5.74, 6) is -3.62. The number of carbonyl (C=O) groups excluding carboxylic acids is 4. The third-order valence-corrected chi connectivity index (χ3v) is 8.99. The molecule has 0 saturated carbocycles.